The van der Waals surface area contributed by atoms with Gasteiger partial charge in [-0.05, 0) is 44.1 Å². The molecule has 0 aromatic heterocycles. The minimum absolute atomic E-state index is 0.400. The molecular formula is C16H33NO. The summed E-state index contributed by atoms with van der Waals surface area (Å²) in [6, 6.07) is 0.567. The Bertz CT molecular complexity index is 207. The molecule has 0 aromatic carbocycles. The van der Waals surface area contributed by atoms with Crippen molar-refractivity contribution in [3.8, 4) is 0 Å². The number of ether oxygens (including phenoxy) is 1. The molecule has 1 aliphatic carbocycles. The molecule has 0 amide bonds. The summed E-state index contributed by atoms with van der Waals surface area (Å²) in [5, 5.41) is 3.77. The van der Waals surface area contributed by atoms with Crippen molar-refractivity contribution >= 4 is 0 Å². The monoisotopic (exact) mass is 255 g/mol. The summed E-state index contributed by atoms with van der Waals surface area (Å²) in [5.41, 5.74) is 0. The summed E-state index contributed by atoms with van der Waals surface area (Å²) in [6.07, 6.45) is 9.59. The van der Waals surface area contributed by atoms with E-state index < -0.39 is 0 Å². The average Bonchev–Trinajstić information content (AvgIpc) is 2.38. The van der Waals surface area contributed by atoms with Gasteiger partial charge in [0.15, 0.2) is 0 Å². The molecule has 1 fully saturated rings. The molecule has 2 heteroatoms. The van der Waals surface area contributed by atoms with Crippen molar-refractivity contribution in [1.82, 2.24) is 5.32 Å². The second kappa shape index (κ2) is 8.92. The van der Waals surface area contributed by atoms with E-state index in [9.17, 15) is 0 Å². The second-order valence-electron chi connectivity index (χ2n) is 6.07. The molecule has 0 bridgehead atoms. The lowest BCUT2D eigenvalue weighted by atomic mass is 9.76. The molecule has 1 rings (SSSR count). The molecule has 18 heavy (non-hydrogen) atoms. The van der Waals surface area contributed by atoms with Crippen LogP contribution in [0.5, 0.6) is 0 Å². The normalized spacial score (nSPS) is 28.0. The van der Waals surface area contributed by atoms with Gasteiger partial charge in [-0.3, -0.25) is 0 Å². The van der Waals surface area contributed by atoms with Crippen molar-refractivity contribution < 1.29 is 4.74 Å². The maximum atomic E-state index is 5.78. The molecule has 0 heterocycles. The minimum atomic E-state index is 0.400. The highest BCUT2D eigenvalue weighted by molar-refractivity contribution is 4.87. The molecule has 108 valence electrons. The van der Waals surface area contributed by atoms with Gasteiger partial charge in [-0.25, -0.2) is 0 Å². The topological polar surface area (TPSA) is 21.3 Å². The van der Waals surface area contributed by atoms with Crippen LogP contribution in [0.4, 0.5) is 0 Å². The van der Waals surface area contributed by atoms with E-state index >= 15 is 0 Å². The lowest BCUT2D eigenvalue weighted by Gasteiger charge is -2.38. The predicted octanol–water partition coefficient (Wildman–Crippen LogP) is 4.00. The Morgan fingerprint density at radius 3 is 2.56 bits per heavy atom. The fraction of sp³-hybridized carbons (Fsp3) is 1.00. The largest absolute Gasteiger partial charge is 0.380 e. The molecule has 0 saturated heterocycles. The first-order chi connectivity index (χ1) is 8.72. The maximum Gasteiger partial charge on any atom is 0.0726 e. The summed E-state index contributed by atoms with van der Waals surface area (Å²) < 4.78 is 5.78. The van der Waals surface area contributed by atoms with E-state index in [0.29, 0.717) is 12.1 Å². The van der Waals surface area contributed by atoms with Crippen LogP contribution in [0.3, 0.4) is 0 Å². The summed E-state index contributed by atoms with van der Waals surface area (Å²) in [4.78, 5) is 0. The summed E-state index contributed by atoms with van der Waals surface area (Å²) >= 11 is 0. The van der Waals surface area contributed by atoms with Crippen LogP contribution in [0, 0.1) is 11.8 Å². The van der Waals surface area contributed by atoms with Gasteiger partial charge in [0, 0.05) is 13.2 Å². The zero-order valence-corrected chi connectivity index (χ0v) is 12.9. The van der Waals surface area contributed by atoms with Crippen molar-refractivity contribution in [1.29, 1.82) is 0 Å². The van der Waals surface area contributed by atoms with E-state index in [2.05, 4.69) is 26.1 Å². The fourth-order valence-electron chi connectivity index (χ4n) is 3.45. The third kappa shape index (κ3) is 4.89. The van der Waals surface area contributed by atoms with Crippen LogP contribution in [0.1, 0.15) is 65.7 Å². The van der Waals surface area contributed by atoms with E-state index in [1.807, 2.05) is 7.11 Å². The summed E-state index contributed by atoms with van der Waals surface area (Å²) in [5.74, 6) is 1.71. The molecule has 0 aliphatic heterocycles. The Kier molecular flexibility index (Phi) is 7.92. The summed E-state index contributed by atoms with van der Waals surface area (Å²) in [6.45, 7) is 8.03. The van der Waals surface area contributed by atoms with E-state index in [-0.39, 0.29) is 0 Å². The Hall–Kier alpha value is -0.0800. The maximum absolute atomic E-state index is 5.78. The van der Waals surface area contributed by atoms with Gasteiger partial charge < -0.3 is 10.1 Å². The van der Waals surface area contributed by atoms with Crippen molar-refractivity contribution in [3.05, 3.63) is 0 Å². The van der Waals surface area contributed by atoms with E-state index in [1.165, 1.54) is 44.9 Å². The highest BCUT2D eigenvalue weighted by Crippen LogP contribution is 2.33. The first-order valence-corrected chi connectivity index (χ1v) is 7.99. The summed E-state index contributed by atoms with van der Waals surface area (Å²) in [7, 11) is 1.88. The van der Waals surface area contributed by atoms with Crippen molar-refractivity contribution in [2.24, 2.45) is 11.8 Å². The van der Waals surface area contributed by atoms with Gasteiger partial charge in [0.05, 0.1) is 6.10 Å². The number of nitrogens with one attached hydrogen (secondary N) is 1. The van der Waals surface area contributed by atoms with Gasteiger partial charge in [0.1, 0.15) is 0 Å². The third-order valence-electron chi connectivity index (χ3n) is 4.39. The number of hydrogen-bond acceptors (Lipinski definition) is 2. The lowest BCUT2D eigenvalue weighted by Crippen LogP contribution is -2.47. The number of rotatable bonds is 8. The quantitative estimate of drug-likeness (QED) is 0.708. The van der Waals surface area contributed by atoms with Crippen molar-refractivity contribution in [2.45, 2.75) is 77.9 Å². The van der Waals surface area contributed by atoms with Gasteiger partial charge in [-0.15, -0.1) is 0 Å². The van der Waals surface area contributed by atoms with Gasteiger partial charge in [0.25, 0.3) is 0 Å². The van der Waals surface area contributed by atoms with Crippen LogP contribution < -0.4 is 5.32 Å². The van der Waals surface area contributed by atoms with Gasteiger partial charge in [0.2, 0.25) is 0 Å². The van der Waals surface area contributed by atoms with Crippen LogP contribution in [0.15, 0.2) is 0 Å². The molecule has 2 nitrogen and oxygen atoms in total. The van der Waals surface area contributed by atoms with Crippen molar-refractivity contribution in [2.75, 3.05) is 13.7 Å². The average molecular weight is 255 g/mol. The predicted molar refractivity (Wildman–Crippen MR) is 78.9 cm³/mol. The SMILES string of the molecule is CCCNC(C1CCCC(C)C1)C(CCC)OC. The second-order valence-corrected chi connectivity index (χ2v) is 6.07. The Morgan fingerprint density at radius 1 is 1.22 bits per heavy atom. The molecule has 1 saturated carbocycles. The molecule has 0 spiro atoms. The van der Waals surface area contributed by atoms with Gasteiger partial charge in [-0.2, -0.15) is 0 Å². The van der Waals surface area contributed by atoms with Gasteiger partial charge >= 0.3 is 0 Å². The smallest absolute Gasteiger partial charge is 0.0726 e. The Morgan fingerprint density at radius 2 is 2.00 bits per heavy atom. The first kappa shape index (κ1) is 16.0. The fourth-order valence-corrected chi connectivity index (χ4v) is 3.45. The molecule has 0 radical (unpaired) electrons. The minimum Gasteiger partial charge on any atom is -0.380 e. The molecule has 0 aromatic rings. The van der Waals surface area contributed by atoms with Crippen LogP contribution >= 0.6 is 0 Å². The Labute approximate surface area is 114 Å². The van der Waals surface area contributed by atoms with Crippen LogP contribution in [0.2, 0.25) is 0 Å². The van der Waals surface area contributed by atoms with Crippen LogP contribution in [-0.2, 0) is 4.74 Å². The molecule has 1 aliphatic rings. The number of methoxy groups -OCH3 is 1. The molecule has 1 N–H and O–H groups in total. The Balaban J connectivity index is 2.62. The van der Waals surface area contributed by atoms with E-state index in [0.717, 1.165) is 18.4 Å². The first-order valence-electron chi connectivity index (χ1n) is 7.99. The third-order valence-corrected chi connectivity index (χ3v) is 4.39. The molecule has 4 atom stereocenters. The van der Waals surface area contributed by atoms with Crippen molar-refractivity contribution in [3.63, 3.8) is 0 Å². The standard InChI is InChI=1S/C16H33NO/c1-5-8-15(18-4)16(17-11-6-2)14-10-7-9-13(3)12-14/h13-17H,5-12H2,1-4H3. The zero-order chi connectivity index (χ0) is 13.4. The molecular weight excluding hydrogens is 222 g/mol. The van der Waals surface area contributed by atoms with Gasteiger partial charge in [-0.1, -0.05) is 40.0 Å². The lowest BCUT2D eigenvalue weighted by molar-refractivity contribution is 0.0286. The highest BCUT2D eigenvalue weighted by Gasteiger charge is 2.31. The van der Waals surface area contributed by atoms with Crippen LogP contribution in [0.25, 0.3) is 0 Å². The zero-order valence-electron chi connectivity index (χ0n) is 12.9. The highest BCUT2D eigenvalue weighted by atomic mass is 16.5. The number of hydrogen-bond donors (Lipinski definition) is 1. The van der Waals surface area contributed by atoms with E-state index in [4.69, 9.17) is 4.74 Å². The van der Waals surface area contributed by atoms with E-state index in [1.54, 1.807) is 0 Å². The van der Waals surface area contributed by atoms with Crippen LogP contribution in [-0.4, -0.2) is 25.8 Å². The molecule has 4 unspecified atom stereocenters.